The van der Waals surface area contributed by atoms with Gasteiger partial charge in [-0.2, -0.15) is 0 Å². The number of nitrogens with one attached hydrogen (secondary N) is 2. The summed E-state index contributed by atoms with van der Waals surface area (Å²) in [5, 5.41) is 5.30. The minimum atomic E-state index is -0.536. The van der Waals surface area contributed by atoms with Crippen LogP contribution in [0.3, 0.4) is 0 Å². The Bertz CT molecular complexity index is 548. The molecule has 1 aliphatic rings. The molecular formula is C15H19FN2O3. The molecule has 0 saturated heterocycles. The molecule has 2 N–H and O–H groups in total. The van der Waals surface area contributed by atoms with Crippen LogP contribution in [0, 0.1) is 17.7 Å². The van der Waals surface area contributed by atoms with Crippen LogP contribution in [0.5, 0.6) is 5.75 Å². The van der Waals surface area contributed by atoms with E-state index >= 15 is 0 Å². The van der Waals surface area contributed by atoms with E-state index in [0.29, 0.717) is 11.6 Å². The Balaban J connectivity index is 1.74. The average molecular weight is 294 g/mol. The monoisotopic (exact) mass is 294 g/mol. The Morgan fingerprint density at radius 1 is 1.43 bits per heavy atom. The highest BCUT2D eigenvalue weighted by atomic mass is 19.1. The summed E-state index contributed by atoms with van der Waals surface area (Å²) < 4.78 is 18.3. The molecule has 114 valence electrons. The van der Waals surface area contributed by atoms with Gasteiger partial charge in [0, 0.05) is 30.6 Å². The zero-order valence-electron chi connectivity index (χ0n) is 12.1. The number of carbonyl (C=O) groups excluding carboxylic acids is 2. The van der Waals surface area contributed by atoms with Gasteiger partial charge in [-0.05, 0) is 24.5 Å². The lowest BCUT2D eigenvalue weighted by atomic mass is 10.2. The van der Waals surface area contributed by atoms with Crippen LogP contribution in [0.4, 0.5) is 10.1 Å². The van der Waals surface area contributed by atoms with Gasteiger partial charge in [0.05, 0.1) is 7.11 Å². The number of rotatable bonds is 6. The van der Waals surface area contributed by atoms with Gasteiger partial charge in [-0.1, -0.05) is 6.92 Å². The molecule has 1 aromatic carbocycles. The minimum absolute atomic E-state index is 0.00536. The minimum Gasteiger partial charge on any atom is -0.494 e. The van der Waals surface area contributed by atoms with Crippen LogP contribution in [-0.4, -0.2) is 25.5 Å². The zero-order chi connectivity index (χ0) is 15.4. The van der Waals surface area contributed by atoms with E-state index in [0.717, 1.165) is 6.42 Å². The van der Waals surface area contributed by atoms with Gasteiger partial charge in [-0.15, -0.1) is 0 Å². The Labute approximate surface area is 122 Å². The fraction of sp³-hybridized carbons (Fsp3) is 0.467. The van der Waals surface area contributed by atoms with E-state index < -0.39 is 5.82 Å². The van der Waals surface area contributed by atoms with Crippen LogP contribution in [0.15, 0.2) is 18.2 Å². The van der Waals surface area contributed by atoms with Gasteiger partial charge in [0.15, 0.2) is 11.6 Å². The number of hydrogen-bond acceptors (Lipinski definition) is 3. The largest absolute Gasteiger partial charge is 0.494 e. The molecular weight excluding hydrogens is 275 g/mol. The van der Waals surface area contributed by atoms with Gasteiger partial charge < -0.3 is 15.4 Å². The Morgan fingerprint density at radius 2 is 2.14 bits per heavy atom. The van der Waals surface area contributed by atoms with Crippen molar-refractivity contribution in [2.45, 2.75) is 19.8 Å². The van der Waals surface area contributed by atoms with Gasteiger partial charge in [0.25, 0.3) is 0 Å². The lowest BCUT2D eigenvalue weighted by Gasteiger charge is -2.08. The van der Waals surface area contributed by atoms with E-state index in [1.165, 1.54) is 19.2 Å². The Hall–Kier alpha value is -2.11. The highest BCUT2D eigenvalue weighted by molar-refractivity contribution is 5.91. The summed E-state index contributed by atoms with van der Waals surface area (Å²) in [5.74, 6) is -0.135. The predicted octanol–water partition coefficient (Wildman–Crippen LogP) is 1.94. The van der Waals surface area contributed by atoms with Crippen molar-refractivity contribution in [1.82, 2.24) is 5.32 Å². The van der Waals surface area contributed by atoms with Gasteiger partial charge in [0.1, 0.15) is 0 Å². The van der Waals surface area contributed by atoms with Crippen molar-refractivity contribution in [3.63, 3.8) is 0 Å². The topological polar surface area (TPSA) is 67.4 Å². The molecule has 2 rings (SSSR count). The molecule has 0 aliphatic heterocycles. The van der Waals surface area contributed by atoms with E-state index in [1.807, 2.05) is 6.92 Å². The fourth-order valence-electron chi connectivity index (χ4n) is 2.09. The van der Waals surface area contributed by atoms with Crippen molar-refractivity contribution in [1.29, 1.82) is 0 Å². The van der Waals surface area contributed by atoms with E-state index in [2.05, 4.69) is 10.6 Å². The maximum Gasteiger partial charge on any atom is 0.226 e. The molecule has 0 heterocycles. The van der Waals surface area contributed by atoms with Gasteiger partial charge in [0.2, 0.25) is 11.8 Å². The molecule has 1 saturated carbocycles. The van der Waals surface area contributed by atoms with Gasteiger partial charge in [-0.25, -0.2) is 4.39 Å². The van der Waals surface area contributed by atoms with Crippen molar-refractivity contribution in [3.8, 4) is 5.75 Å². The summed E-state index contributed by atoms with van der Waals surface area (Å²) >= 11 is 0. The van der Waals surface area contributed by atoms with Crippen molar-refractivity contribution >= 4 is 17.5 Å². The molecule has 1 fully saturated rings. The number of halogens is 1. The predicted molar refractivity (Wildman–Crippen MR) is 76.5 cm³/mol. The lowest BCUT2D eigenvalue weighted by Crippen LogP contribution is -2.29. The van der Waals surface area contributed by atoms with Gasteiger partial charge >= 0.3 is 0 Å². The zero-order valence-corrected chi connectivity index (χ0v) is 12.1. The molecule has 6 heteroatoms. The normalized spacial score (nSPS) is 19.8. The SMILES string of the molecule is COc1ccc(NC(=O)CCNC(=O)[C@H]2C[C@H]2C)cc1F. The molecule has 21 heavy (non-hydrogen) atoms. The van der Waals surface area contributed by atoms with E-state index in [-0.39, 0.29) is 36.4 Å². The van der Waals surface area contributed by atoms with Crippen molar-refractivity contribution in [3.05, 3.63) is 24.0 Å². The van der Waals surface area contributed by atoms with E-state index in [4.69, 9.17) is 4.74 Å². The molecule has 5 nitrogen and oxygen atoms in total. The van der Waals surface area contributed by atoms with Crippen molar-refractivity contribution in [2.75, 3.05) is 19.0 Å². The molecule has 0 bridgehead atoms. The van der Waals surface area contributed by atoms with Crippen molar-refractivity contribution in [2.24, 2.45) is 11.8 Å². The second-order valence-electron chi connectivity index (χ2n) is 5.26. The first-order chi connectivity index (χ1) is 10.0. The Kier molecular flexibility index (Phi) is 4.77. The Morgan fingerprint density at radius 3 is 2.71 bits per heavy atom. The first kappa shape index (κ1) is 15.3. The molecule has 1 aliphatic carbocycles. The summed E-state index contributed by atoms with van der Waals surface area (Å²) in [6, 6.07) is 4.20. The van der Waals surface area contributed by atoms with E-state index in [9.17, 15) is 14.0 Å². The van der Waals surface area contributed by atoms with Crippen LogP contribution < -0.4 is 15.4 Å². The van der Waals surface area contributed by atoms with E-state index in [1.54, 1.807) is 6.07 Å². The number of ether oxygens (including phenoxy) is 1. The summed E-state index contributed by atoms with van der Waals surface area (Å²) in [6.07, 6.45) is 1.07. The summed E-state index contributed by atoms with van der Waals surface area (Å²) in [5.41, 5.74) is 0.362. The van der Waals surface area contributed by atoms with Crippen LogP contribution in [-0.2, 0) is 9.59 Å². The highest BCUT2D eigenvalue weighted by Gasteiger charge is 2.38. The van der Waals surface area contributed by atoms with Crippen LogP contribution >= 0.6 is 0 Å². The molecule has 2 atom stereocenters. The third-order valence-electron chi connectivity index (χ3n) is 3.53. The quantitative estimate of drug-likeness (QED) is 0.842. The first-order valence-corrected chi connectivity index (χ1v) is 6.92. The highest BCUT2D eigenvalue weighted by Crippen LogP contribution is 2.37. The number of benzene rings is 1. The number of hydrogen-bond donors (Lipinski definition) is 2. The van der Waals surface area contributed by atoms with Crippen molar-refractivity contribution < 1.29 is 18.7 Å². The third-order valence-corrected chi connectivity index (χ3v) is 3.53. The van der Waals surface area contributed by atoms with Crippen LogP contribution in [0.2, 0.25) is 0 Å². The maximum absolute atomic E-state index is 13.5. The van der Waals surface area contributed by atoms with Gasteiger partial charge in [-0.3, -0.25) is 9.59 Å². The second-order valence-corrected chi connectivity index (χ2v) is 5.26. The first-order valence-electron chi connectivity index (χ1n) is 6.92. The molecule has 0 aromatic heterocycles. The summed E-state index contributed by atoms with van der Waals surface area (Å²) in [7, 11) is 1.38. The maximum atomic E-state index is 13.5. The smallest absolute Gasteiger partial charge is 0.226 e. The fourth-order valence-corrected chi connectivity index (χ4v) is 2.09. The number of carbonyl (C=O) groups is 2. The summed E-state index contributed by atoms with van der Waals surface area (Å²) in [4.78, 5) is 23.3. The number of anilines is 1. The molecule has 1 aromatic rings. The number of methoxy groups -OCH3 is 1. The molecule has 0 spiro atoms. The molecule has 2 amide bonds. The second kappa shape index (κ2) is 6.56. The van der Waals surface area contributed by atoms with Crippen LogP contribution in [0.25, 0.3) is 0 Å². The average Bonchev–Trinajstić information content (AvgIpc) is 3.16. The van der Waals surface area contributed by atoms with Crippen LogP contribution in [0.1, 0.15) is 19.8 Å². The number of amides is 2. The molecule has 0 unspecified atom stereocenters. The molecule has 0 radical (unpaired) electrons. The lowest BCUT2D eigenvalue weighted by molar-refractivity contribution is -0.122. The third kappa shape index (κ3) is 4.18. The summed E-state index contributed by atoms with van der Waals surface area (Å²) in [6.45, 7) is 2.31. The standard InChI is InChI=1S/C15H19FN2O3/c1-9-7-11(9)15(20)17-6-5-14(19)18-10-3-4-13(21-2)12(16)8-10/h3-4,8-9,11H,5-7H2,1-2H3,(H,17,20)(H,18,19)/t9-,11+/m1/s1.